The van der Waals surface area contributed by atoms with Gasteiger partial charge in [-0.05, 0) is 12.1 Å². The second-order valence-corrected chi connectivity index (χ2v) is 2.83. The number of carbonyl (C=O) groups excluding carboxylic acids is 1. The summed E-state index contributed by atoms with van der Waals surface area (Å²) in [6.45, 7) is 0. The van der Waals surface area contributed by atoms with Crippen molar-refractivity contribution in [3.05, 3.63) is 29.3 Å². The molecule has 0 aliphatic rings. The number of hydrogen-bond acceptors (Lipinski definition) is 3. The van der Waals surface area contributed by atoms with E-state index in [-0.39, 0.29) is 0 Å². The minimum atomic E-state index is -4.85. The highest BCUT2D eigenvalue weighted by molar-refractivity contribution is 6.40. The number of hydrogen-bond donors (Lipinski definition) is 2. The minimum absolute atomic E-state index is 0.550. The first-order chi connectivity index (χ1) is 7.25. The maximum absolute atomic E-state index is 12.3. The minimum Gasteiger partial charge on any atom is -0.507 e. The lowest BCUT2D eigenvalue weighted by atomic mass is 10.0. The van der Waals surface area contributed by atoms with Crippen LogP contribution in [-0.2, 0) is 11.0 Å². The molecule has 0 spiro atoms. The van der Waals surface area contributed by atoms with Gasteiger partial charge in [-0.15, -0.1) is 0 Å². The smallest absolute Gasteiger partial charge is 0.419 e. The molecule has 1 aromatic carbocycles. The van der Waals surface area contributed by atoms with E-state index in [1.54, 1.807) is 0 Å². The number of alkyl halides is 3. The number of halogens is 3. The van der Waals surface area contributed by atoms with Crippen molar-refractivity contribution in [1.29, 1.82) is 0 Å². The van der Waals surface area contributed by atoms with Gasteiger partial charge in [-0.25, -0.2) is 4.79 Å². The van der Waals surface area contributed by atoms with E-state index < -0.39 is 34.8 Å². The van der Waals surface area contributed by atoms with Crippen LogP contribution < -0.4 is 0 Å². The summed E-state index contributed by atoms with van der Waals surface area (Å²) in [5.41, 5.74) is -2.33. The molecule has 86 valence electrons. The van der Waals surface area contributed by atoms with Crippen molar-refractivity contribution in [2.24, 2.45) is 0 Å². The predicted octanol–water partition coefficient (Wildman–Crippen LogP) is 1.68. The van der Waals surface area contributed by atoms with E-state index in [0.717, 1.165) is 12.1 Å². The highest BCUT2D eigenvalue weighted by atomic mass is 19.4. The van der Waals surface area contributed by atoms with E-state index in [2.05, 4.69) is 0 Å². The Morgan fingerprint density at radius 2 is 1.75 bits per heavy atom. The summed E-state index contributed by atoms with van der Waals surface area (Å²) in [7, 11) is 0. The lowest BCUT2D eigenvalue weighted by molar-refractivity contribution is -0.139. The first-order valence-corrected chi connectivity index (χ1v) is 3.92. The van der Waals surface area contributed by atoms with E-state index in [1.807, 2.05) is 0 Å². The average Bonchev–Trinajstić information content (AvgIpc) is 2.15. The highest BCUT2D eigenvalue weighted by Crippen LogP contribution is 2.37. The molecule has 4 nitrogen and oxygen atoms in total. The van der Waals surface area contributed by atoms with E-state index in [0.29, 0.717) is 6.07 Å². The summed E-state index contributed by atoms with van der Waals surface area (Å²) in [4.78, 5) is 21.2. The van der Waals surface area contributed by atoms with Crippen LogP contribution in [0.4, 0.5) is 13.2 Å². The van der Waals surface area contributed by atoms with Crippen LogP contribution in [0.2, 0.25) is 0 Å². The van der Waals surface area contributed by atoms with Crippen molar-refractivity contribution in [2.45, 2.75) is 6.18 Å². The molecular formula is C9H5F3O4. The summed E-state index contributed by atoms with van der Waals surface area (Å²) in [5, 5.41) is 17.5. The monoisotopic (exact) mass is 234 g/mol. The summed E-state index contributed by atoms with van der Waals surface area (Å²) in [5.74, 6) is -4.90. The first kappa shape index (κ1) is 12.0. The average molecular weight is 234 g/mol. The number of carboxylic acids is 1. The molecular weight excluding hydrogens is 229 g/mol. The largest absolute Gasteiger partial charge is 0.507 e. The number of para-hydroxylation sites is 1. The number of carbonyl (C=O) groups is 2. The van der Waals surface area contributed by atoms with Gasteiger partial charge >= 0.3 is 12.1 Å². The van der Waals surface area contributed by atoms with Gasteiger partial charge < -0.3 is 10.2 Å². The number of carboxylic acid groups (broad SMARTS) is 1. The molecule has 0 bridgehead atoms. The van der Waals surface area contributed by atoms with Crippen molar-refractivity contribution in [2.75, 3.05) is 0 Å². The number of aliphatic carboxylic acids is 1. The molecule has 0 radical (unpaired) electrons. The van der Waals surface area contributed by atoms with Gasteiger partial charge in [-0.2, -0.15) is 13.2 Å². The third kappa shape index (κ3) is 2.13. The number of phenols is 1. The number of rotatable bonds is 2. The van der Waals surface area contributed by atoms with Crippen LogP contribution in [0.3, 0.4) is 0 Å². The van der Waals surface area contributed by atoms with E-state index in [9.17, 15) is 22.8 Å². The Morgan fingerprint density at radius 1 is 1.19 bits per heavy atom. The lowest BCUT2D eigenvalue weighted by Gasteiger charge is -2.10. The zero-order valence-electron chi connectivity index (χ0n) is 7.58. The molecule has 0 aromatic heterocycles. The lowest BCUT2D eigenvalue weighted by Crippen LogP contribution is -2.15. The fourth-order valence-electron chi connectivity index (χ4n) is 1.07. The SMILES string of the molecule is O=C(O)C(=O)c1cccc(C(F)(F)F)c1O. The van der Waals surface area contributed by atoms with Gasteiger partial charge in [0.25, 0.3) is 5.78 Å². The van der Waals surface area contributed by atoms with Gasteiger partial charge in [0.15, 0.2) is 0 Å². The Balaban J connectivity index is 3.36. The Kier molecular flexibility index (Phi) is 2.88. The van der Waals surface area contributed by atoms with Gasteiger partial charge in [0.1, 0.15) is 5.75 Å². The van der Waals surface area contributed by atoms with Gasteiger partial charge in [0.2, 0.25) is 0 Å². The fraction of sp³-hybridized carbons (Fsp3) is 0.111. The normalized spacial score (nSPS) is 11.2. The molecule has 0 aliphatic carbocycles. The van der Waals surface area contributed by atoms with Crippen molar-refractivity contribution >= 4 is 11.8 Å². The number of aromatic hydroxyl groups is 1. The van der Waals surface area contributed by atoms with Gasteiger partial charge in [0.05, 0.1) is 11.1 Å². The third-order valence-corrected chi connectivity index (χ3v) is 1.78. The van der Waals surface area contributed by atoms with Crippen LogP contribution >= 0.6 is 0 Å². The molecule has 0 saturated heterocycles. The highest BCUT2D eigenvalue weighted by Gasteiger charge is 2.36. The zero-order chi connectivity index (χ0) is 12.5. The Bertz CT molecular complexity index is 451. The van der Waals surface area contributed by atoms with E-state index in [4.69, 9.17) is 10.2 Å². The summed E-state index contributed by atoms with van der Waals surface area (Å²) >= 11 is 0. The summed E-state index contributed by atoms with van der Waals surface area (Å²) in [6, 6.07) is 2.20. The van der Waals surface area contributed by atoms with Crippen LogP contribution in [0.25, 0.3) is 0 Å². The van der Waals surface area contributed by atoms with Crippen LogP contribution in [0.5, 0.6) is 5.75 Å². The predicted molar refractivity (Wildman–Crippen MR) is 45.1 cm³/mol. The molecule has 1 rings (SSSR count). The first-order valence-electron chi connectivity index (χ1n) is 3.92. The molecule has 7 heteroatoms. The maximum Gasteiger partial charge on any atom is 0.419 e. The van der Waals surface area contributed by atoms with Crippen molar-refractivity contribution in [1.82, 2.24) is 0 Å². The van der Waals surface area contributed by atoms with Crippen LogP contribution in [0, 0.1) is 0 Å². The molecule has 16 heavy (non-hydrogen) atoms. The number of Topliss-reactive ketones (excluding diaryl/α,β-unsaturated/α-hetero) is 1. The Morgan fingerprint density at radius 3 is 2.19 bits per heavy atom. The standard InChI is InChI=1S/C9H5F3O4/c10-9(11,12)5-3-1-2-4(6(5)13)7(14)8(15)16/h1-3,13H,(H,15,16). The van der Waals surface area contributed by atoms with Gasteiger partial charge in [-0.1, -0.05) is 6.07 Å². The second-order valence-electron chi connectivity index (χ2n) is 2.83. The van der Waals surface area contributed by atoms with Crippen LogP contribution in [0.15, 0.2) is 18.2 Å². The molecule has 0 fully saturated rings. The third-order valence-electron chi connectivity index (χ3n) is 1.78. The van der Waals surface area contributed by atoms with Gasteiger partial charge in [-0.3, -0.25) is 4.79 Å². The van der Waals surface area contributed by atoms with Crippen LogP contribution in [0.1, 0.15) is 15.9 Å². The molecule has 0 heterocycles. The number of phenolic OH excluding ortho intramolecular Hbond substituents is 1. The van der Waals surface area contributed by atoms with Crippen molar-refractivity contribution in [3.8, 4) is 5.75 Å². The fourth-order valence-corrected chi connectivity index (χ4v) is 1.07. The maximum atomic E-state index is 12.3. The van der Waals surface area contributed by atoms with Crippen LogP contribution in [-0.4, -0.2) is 22.0 Å². The molecule has 2 N–H and O–H groups in total. The second kappa shape index (κ2) is 3.84. The molecule has 0 atom stereocenters. The molecule has 0 aliphatic heterocycles. The Labute approximate surface area is 86.9 Å². The van der Waals surface area contributed by atoms with Crippen molar-refractivity contribution < 1.29 is 33.0 Å². The molecule has 1 aromatic rings. The quantitative estimate of drug-likeness (QED) is 0.603. The topological polar surface area (TPSA) is 74.6 Å². The zero-order valence-corrected chi connectivity index (χ0v) is 7.58. The van der Waals surface area contributed by atoms with Gasteiger partial charge in [0, 0.05) is 0 Å². The van der Waals surface area contributed by atoms with E-state index in [1.165, 1.54) is 0 Å². The summed E-state index contributed by atoms with van der Waals surface area (Å²) in [6.07, 6.45) is -4.85. The Hall–Kier alpha value is -2.05. The number of benzene rings is 1. The van der Waals surface area contributed by atoms with E-state index >= 15 is 0 Å². The van der Waals surface area contributed by atoms with Crippen molar-refractivity contribution in [3.63, 3.8) is 0 Å². The number of ketones is 1. The summed E-state index contributed by atoms with van der Waals surface area (Å²) < 4.78 is 36.8. The molecule has 0 saturated carbocycles. The molecule has 0 unspecified atom stereocenters. The molecule has 0 amide bonds.